The number of ether oxygens (including phenoxy) is 2. The molecule has 0 aliphatic heterocycles. The molecular weight excluding hydrogens is 382 g/mol. The van der Waals surface area contributed by atoms with Crippen molar-refractivity contribution in [3.63, 3.8) is 0 Å². The Balaban J connectivity index is 1.53. The first-order valence-corrected chi connectivity index (χ1v) is 10.1. The molecule has 1 N–H and O–H groups in total. The van der Waals surface area contributed by atoms with Gasteiger partial charge in [-0.3, -0.25) is 4.79 Å². The van der Waals surface area contributed by atoms with Gasteiger partial charge in [0.2, 0.25) is 5.12 Å². The lowest BCUT2D eigenvalue weighted by molar-refractivity contribution is -0.107. The molecule has 1 radical (unpaired) electrons. The largest absolute Gasteiger partial charge is 0.491 e. The van der Waals surface area contributed by atoms with Crippen LogP contribution in [-0.2, 0) is 9.53 Å². The third-order valence-corrected chi connectivity index (χ3v) is 4.50. The third kappa shape index (κ3) is 7.86. The maximum atomic E-state index is 12.4. The van der Waals surface area contributed by atoms with Crippen LogP contribution in [0, 0.1) is 5.56 Å². The minimum absolute atomic E-state index is 0.128. The summed E-state index contributed by atoms with van der Waals surface area (Å²) in [7, 11) is 0. The summed E-state index contributed by atoms with van der Waals surface area (Å²) in [5.74, 6) is 0.781. The zero-order valence-electron chi connectivity index (χ0n) is 15.9. The first-order chi connectivity index (χ1) is 14.3. The van der Waals surface area contributed by atoms with E-state index in [1.807, 2.05) is 91.0 Å². The van der Waals surface area contributed by atoms with Crippen LogP contribution in [0.15, 0.2) is 97.1 Å². The molecule has 3 aromatic rings. The fourth-order valence-electron chi connectivity index (χ4n) is 2.39. The van der Waals surface area contributed by atoms with E-state index < -0.39 is 0 Å². The lowest BCUT2D eigenvalue weighted by Gasteiger charge is -2.17. The number of hydrogen-bond donors (Lipinski definition) is 1. The highest BCUT2D eigenvalue weighted by molar-refractivity contribution is 8.16. The minimum atomic E-state index is -0.128. The fraction of sp³-hybridized carbons (Fsp3) is 0.0833. The zero-order chi connectivity index (χ0) is 20.2. The van der Waals surface area contributed by atoms with Crippen molar-refractivity contribution in [3.05, 3.63) is 108 Å². The molecule has 0 aliphatic carbocycles. The van der Waals surface area contributed by atoms with E-state index in [0.29, 0.717) is 18.8 Å². The minimum Gasteiger partial charge on any atom is -0.491 e. The highest BCUT2D eigenvalue weighted by Gasteiger charge is 2.16. The quantitative estimate of drug-likeness (QED) is 0.351. The monoisotopic (exact) mass is 404 g/mol. The zero-order valence-corrected chi connectivity index (χ0v) is 16.7. The molecule has 0 atom stereocenters. The van der Waals surface area contributed by atoms with Crippen molar-refractivity contribution in [2.24, 2.45) is 0 Å². The summed E-state index contributed by atoms with van der Waals surface area (Å²) in [4.78, 5) is 12.4. The number of benzene rings is 3. The van der Waals surface area contributed by atoms with Crippen LogP contribution in [0.1, 0.15) is 5.56 Å². The maximum absolute atomic E-state index is 12.4. The molecule has 0 saturated heterocycles. The molecule has 0 amide bonds. The number of anilines is 1. The van der Waals surface area contributed by atoms with Gasteiger partial charge in [0.05, 0.1) is 6.61 Å². The molecular formula is C24H22NO3S. The van der Waals surface area contributed by atoms with Gasteiger partial charge in [-0.05, 0) is 47.7 Å². The van der Waals surface area contributed by atoms with Gasteiger partial charge in [0.15, 0.2) is 0 Å². The lowest BCUT2D eigenvalue weighted by Crippen LogP contribution is -2.16. The SMILES string of the molecule is O=C(C=Cc1ccccc1)S[C](Nc1ccccc1)OCCOc1ccccc1. The van der Waals surface area contributed by atoms with Crippen LogP contribution in [0.2, 0.25) is 0 Å². The lowest BCUT2D eigenvalue weighted by atomic mass is 10.2. The third-order valence-electron chi connectivity index (χ3n) is 3.75. The molecule has 3 rings (SSSR count). The van der Waals surface area contributed by atoms with Gasteiger partial charge in [-0.2, -0.15) is 0 Å². The van der Waals surface area contributed by atoms with Gasteiger partial charge < -0.3 is 14.8 Å². The number of para-hydroxylation sites is 2. The molecule has 0 aliphatic rings. The Morgan fingerprint density at radius 2 is 1.45 bits per heavy atom. The second-order valence-corrected chi connectivity index (χ2v) is 6.93. The Morgan fingerprint density at radius 1 is 0.828 bits per heavy atom. The van der Waals surface area contributed by atoms with Gasteiger partial charge >= 0.3 is 0 Å². The van der Waals surface area contributed by atoms with Crippen molar-refractivity contribution in [2.75, 3.05) is 18.5 Å². The predicted molar refractivity (Wildman–Crippen MR) is 119 cm³/mol. The second kappa shape index (κ2) is 11.7. The van der Waals surface area contributed by atoms with Crippen molar-refractivity contribution in [1.29, 1.82) is 0 Å². The number of carbonyl (C=O) groups is 1. The predicted octanol–water partition coefficient (Wildman–Crippen LogP) is 5.61. The second-order valence-electron chi connectivity index (χ2n) is 5.95. The maximum Gasteiger partial charge on any atom is 0.255 e. The number of hydrogen-bond acceptors (Lipinski definition) is 5. The molecule has 0 unspecified atom stereocenters. The molecule has 0 aromatic heterocycles. The van der Waals surface area contributed by atoms with Gasteiger partial charge in [-0.15, -0.1) is 0 Å². The smallest absolute Gasteiger partial charge is 0.255 e. The van der Waals surface area contributed by atoms with Crippen molar-refractivity contribution < 1.29 is 14.3 Å². The van der Waals surface area contributed by atoms with Crippen molar-refractivity contribution >= 4 is 28.6 Å². The molecule has 0 fully saturated rings. The van der Waals surface area contributed by atoms with E-state index in [-0.39, 0.29) is 5.12 Å². The van der Waals surface area contributed by atoms with Gasteiger partial charge in [0.25, 0.3) is 5.56 Å². The van der Waals surface area contributed by atoms with Crippen LogP contribution in [0.25, 0.3) is 6.08 Å². The molecule has 0 heterocycles. The first-order valence-electron chi connectivity index (χ1n) is 9.24. The van der Waals surface area contributed by atoms with E-state index >= 15 is 0 Å². The normalized spacial score (nSPS) is 10.9. The molecule has 0 bridgehead atoms. The average Bonchev–Trinajstić information content (AvgIpc) is 2.77. The topological polar surface area (TPSA) is 47.6 Å². The van der Waals surface area contributed by atoms with Gasteiger partial charge in [-0.25, -0.2) is 0 Å². The van der Waals surface area contributed by atoms with Crippen LogP contribution >= 0.6 is 11.8 Å². The van der Waals surface area contributed by atoms with E-state index in [4.69, 9.17) is 9.47 Å². The van der Waals surface area contributed by atoms with Gasteiger partial charge in [0.1, 0.15) is 12.4 Å². The number of thioether (sulfide) groups is 1. The van der Waals surface area contributed by atoms with Crippen LogP contribution in [-0.4, -0.2) is 18.3 Å². The molecule has 5 heteroatoms. The molecule has 147 valence electrons. The number of nitrogens with one attached hydrogen (secondary N) is 1. The average molecular weight is 405 g/mol. The Bertz CT molecular complexity index is 886. The summed E-state index contributed by atoms with van der Waals surface area (Å²) in [6.45, 7) is 0.686. The summed E-state index contributed by atoms with van der Waals surface area (Å²) in [5, 5.41) is 3.03. The number of carbonyl (C=O) groups excluding carboxylic acids is 1. The Kier molecular flexibility index (Phi) is 8.38. The summed E-state index contributed by atoms with van der Waals surface area (Å²) in [6, 6.07) is 28.8. The van der Waals surface area contributed by atoms with Gasteiger partial charge in [0, 0.05) is 5.69 Å². The molecule has 0 saturated carbocycles. The summed E-state index contributed by atoms with van der Waals surface area (Å²) < 4.78 is 11.4. The van der Waals surface area contributed by atoms with Crippen LogP contribution < -0.4 is 10.1 Å². The Hall–Kier alpha value is -3.02. The van der Waals surface area contributed by atoms with E-state index in [1.165, 1.54) is 6.08 Å². The fourth-order valence-corrected chi connectivity index (χ4v) is 3.02. The molecule has 29 heavy (non-hydrogen) atoms. The van der Waals surface area contributed by atoms with Crippen LogP contribution in [0.4, 0.5) is 5.69 Å². The Morgan fingerprint density at radius 3 is 2.14 bits per heavy atom. The Labute approximate surface area is 175 Å². The highest BCUT2D eigenvalue weighted by Crippen LogP contribution is 2.25. The molecule has 0 spiro atoms. The van der Waals surface area contributed by atoms with Gasteiger partial charge in [-0.1, -0.05) is 72.8 Å². The number of rotatable bonds is 10. The van der Waals surface area contributed by atoms with Crippen molar-refractivity contribution in [2.45, 2.75) is 0 Å². The van der Waals surface area contributed by atoms with Crippen LogP contribution in [0.5, 0.6) is 5.75 Å². The summed E-state index contributed by atoms with van der Waals surface area (Å²) in [6.07, 6.45) is 3.32. The standard InChI is InChI=1S/C24H22NO3S/c26-23(17-16-20-10-4-1-5-11-20)29-24(25-21-12-6-2-7-13-21)28-19-18-27-22-14-8-3-9-15-22/h1-17,25H,18-19H2. The van der Waals surface area contributed by atoms with E-state index in [2.05, 4.69) is 5.32 Å². The van der Waals surface area contributed by atoms with Crippen molar-refractivity contribution in [1.82, 2.24) is 0 Å². The van der Waals surface area contributed by atoms with Crippen molar-refractivity contribution in [3.8, 4) is 5.75 Å². The van der Waals surface area contributed by atoms with E-state index in [9.17, 15) is 4.79 Å². The summed E-state index contributed by atoms with van der Waals surface area (Å²) >= 11 is 1.01. The van der Waals surface area contributed by atoms with E-state index in [0.717, 1.165) is 28.8 Å². The molecule has 4 nitrogen and oxygen atoms in total. The molecule has 3 aromatic carbocycles. The van der Waals surface area contributed by atoms with Crippen LogP contribution in [0.3, 0.4) is 0 Å². The first kappa shape index (κ1) is 20.7. The summed E-state index contributed by atoms with van der Waals surface area (Å²) in [5.41, 5.74) is 2.23. The highest BCUT2D eigenvalue weighted by atomic mass is 32.2. The van der Waals surface area contributed by atoms with E-state index in [1.54, 1.807) is 6.08 Å².